The number of halogens is 1. The van der Waals surface area contributed by atoms with Crippen molar-refractivity contribution in [3.05, 3.63) is 82.8 Å². The predicted molar refractivity (Wildman–Crippen MR) is 246 cm³/mol. The molecule has 7 heterocycles. The average Bonchev–Trinajstić information content (AvgIpc) is 3.90. The molecule has 1 aromatic carbocycles. The lowest BCUT2D eigenvalue weighted by Gasteiger charge is -2.43. The second-order valence-electron chi connectivity index (χ2n) is 18.1. The molecule has 16 nitrogen and oxygen atoms in total. The van der Waals surface area contributed by atoms with Crippen LogP contribution in [0.15, 0.2) is 48.8 Å². The van der Waals surface area contributed by atoms with Crippen LogP contribution in [0.25, 0.3) is 16.4 Å². The third-order valence-corrected chi connectivity index (χ3v) is 13.0. The monoisotopic (exact) mass is 891 g/mol. The largest absolute Gasteiger partial charge is 0.386 e. The Balaban J connectivity index is 0.000000160. The quantitative estimate of drug-likeness (QED) is 0.103. The molecule has 3 aliphatic heterocycles. The molecule has 17 heteroatoms. The summed E-state index contributed by atoms with van der Waals surface area (Å²) in [4.78, 5) is 43.6. The summed E-state index contributed by atoms with van der Waals surface area (Å²) in [5.74, 6) is -1.94. The highest BCUT2D eigenvalue weighted by molar-refractivity contribution is 6.00. The molecule has 0 bridgehead atoms. The number of rotatable bonds is 9. The van der Waals surface area contributed by atoms with Crippen molar-refractivity contribution in [2.45, 2.75) is 115 Å². The molecule has 5 aromatic rings. The fourth-order valence-electron chi connectivity index (χ4n) is 9.58. The summed E-state index contributed by atoms with van der Waals surface area (Å²) >= 11 is 0. The number of methoxy groups -OCH3 is 1. The number of hydrogen-bond acceptors (Lipinski definition) is 12. The van der Waals surface area contributed by atoms with E-state index < -0.39 is 23.2 Å². The molecule has 0 spiro atoms. The van der Waals surface area contributed by atoms with Crippen LogP contribution in [0, 0.1) is 31.0 Å². The lowest BCUT2D eigenvalue weighted by Crippen LogP contribution is -2.57. The summed E-state index contributed by atoms with van der Waals surface area (Å²) in [6.07, 6.45) is 13.0. The highest BCUT2D eigenvalue weighted by Crippen LogP contribution is 2.35. The van der Waals surface area contributed by atoms with Crippen LogP contribution >= 0.6 is 0 Å². The van der Waals surface area contributed by atoms with Crippen LogP contribution in [0.4, 0.5) is 15.8 Å². The number of aliphatic hydroxyl groups is 1. The highest BCUT2D eigenvalue weighted by atomic mass is 19.1. The van der Waals surface area contributed by atoms with Gasteiger partial charge in [-0.2, -0.15) is 15.5 Å². The van der Waals surface area contributed by atoms with Gasteiger partial charge in [-0.05, 0) is 90.1 Å². The fraction of sp³-hybridized carbons (Fsp3) is 0.521. The van der Waals surface area contributed by atoms with Gasteiger partial charge in [0, 0.05) is 92.9 Å². The maximum Gasteiger partial charge on any atom is 0.235 e. The lowest BCUT2D eigenvalue weighted by molar-refractivity contribution is -0.134. The third kappa shape index (κ3) is 11.4. The minimum atomic E-state index is -1.03. The number of anilines is 2. The molecule has 1 aliphatic carbocycles. The standard InChI is InChI=1S/C22H32FN5O3.C17H23N3O2.C9H7N3/c1-14-19(11-18(23)21(25-14)17-3-4-20(29)26-22(17)30)27-8-5-16(6-9-27)28-10-7-24-15(12-28)13-31-2;1-17(2,22)14-9-15-12(8-16(14)18-11-21)10-20(19-15)13-6-4-3-5-7-13;1-7-2-3-9-4-8(5-10)6-11-12(7)9/h11,15-17,24H,3-10,12-13H2,1-2H3,(H,26,29,30);8-11,13,22H,3-7H2,1-2H3,(H,18,21);2-4,6H,1H3. The Labute approximate surface area is 379 Å². The van der Waals surface area contributed by atoms with Gasteiger partial charge in [0.15, 0.2) is 0 Å². The number of ether oxygens (including phenoxy) is 1. The van der Waals surface area contributed by atoms with E-state index in [1.54, 1.807) is 31.7 Å². The van der Waals surface area contributed by atoms with E-state index in [1.165, 1.54) is 38.2 Å². The number of piperidine rings is 2. The van der Waals surface area contributed by atoms with Crippen molar-refractivity contribution in [1.29, 1.82) is 5.26 Å². The SMILES string of the molecule is CC(C)(O)c1cc2nn(C3CCCCC3)cc2cc1NC=O.COCC1CN(C2CCN(c3cc(F)c(C4CCC(=O)NC4=O)nc3C)CC2)CCN1.Cc1ccc2cc(C#N)cnn12. The number of aryl methyl sites for hydroxylation is 2. The molecular weight excluding hydrogens is 830 g/mol. The smallest absolute Gasteiger partial charge is 0.235 e. The second kappa shape index (κ2) is 21.0. The summed E-state index contributed by atoms with van der Waals surface area (Å²) in [6, 6.07) is 14.4. The molecule has 4 fully saturated rings. The molecule has 4 aromatic heterocycles. The van der Waals surface area contributed by atoms with Crippen molar-refractivity contribution < 1.29 is 28.6 Å². The Kier molecular flexibility index (Phi) is 15.2. The first-order valence-electron chi connectivity index (χ1n) is 22.8. The molecule has 9 rings (SSSR count). The van der Waals surface area contributed by atoms with E-state index in [1.807, 2.05) is 44.2 Å². The molecule has 2 atom stereocenters. The van der Waals surface area contributed by atoms with Crippen molar-refractivity contribution in [2.24, 2.45) is 0 Å². The lowest BCUT2D eigenvalue weighted by atomic mass is 9.93. The van der Waals surface area contributed by atoms with Crippen LogP contribution in [-0.4, -0.2) is 111 Å². The van der Waals surface area contributed by atoms with Gasteiger partial charge in [0.2, 0.25) is 18.2 Å². The number of amides is 3. The number of nitriles is 1. The zero-order valence-corrected chi connectivity index (χ0v) is 38.1. The van der Waals surface area contributed by atoms with Crippen LogP contribution in [0.2, 0.25) is 0 Å². The first-order valence-corrected chi connectivity index (χ1v) is 22.8. The summed E-state index contributed by atoms with van der Waals surface area (Å²) < 4.78 is 24.1. The molecule has 2 unspecified atom stereocenters. The van der Waals surface area contributed by atoms with E-state index in [9.17, 15) is 23.9 Å². The van der Waals surface area contributed by atoms with Gasteiger partial charge in [0.25, 0.3) is 0 Å². The number of fused-ring (bicyclic) bond motifs is 2. The Hall–Kier alpha value is -5.80. The van der Waals surface area contributed by atoms with Crippen LogP contribution in [0.3, 0.4) is 0 Å². The van der Waals surface area contributed by atoms with Gasteiger partial charge in [-0.1, -0.05) is 19.3 Å². The number of carbonyl (C=O) groups is 3. The molecule has 346 valence electrons. The van der Waals surface area contributed by atoms with E-state index in [2.05, 4.69) is 52.8 Å². The van der Waals surface area contributed by atoms with Gasteiger partial charge >= 0.3 is 0 Å². The minimum absolute atomic E-state index is 0.145. The maximum atomic E-state index is 14.9. The van der Waals surface area contributed by atoms with Gasteiger partial charge in [-0.15, -0.1) is 0 Å². The van der Waals surface area contributed by atoms with Gasteiger partial charge in [-0.25, -0.2) is 8.91 Å². The van der Waals surface area contributed by atoms with Crippen molar-refractivity contribution in [3.63, 3.8) is 0 Å². The van der Waals surface area contributed by atoms with Crippen LogP contribution < -0.4 is 20.9 Å². The van der Waals surface area contributed by atoms with E-state index in [0.717, 1.165) is 85.7 Å². The van der Waals surface area contributed by atoms with Crippen LogP contribution in [0.5, 0.6) is 0 Å². The summed E-state index contributed by atoms with van der Waals surface area (Å²) in [6.45, 7) is 12.7. The highest BCUT2D eigenvalue weighted by Gasteiger charge is 2.34. The van der Waals surface area contributed by atoms with Gasteiger partial charge in [0.05, 0.1) is 64.0 Å². The first-order chi connectivity index (χ1) is 31.3. The van der Waals surface area contributed by atoms with Crippen molar-refractivity contribution >= 4 is 46.0 Å². The van der Waals surface area contributed by atoms with Crippen LogP contribution in [-0.2, 0) is 24.7 Å². The summed E-state index contributed by atoms with van der Waals surface area (Å²) in [5, 5.41) is 37.2. The maximum absolute atomic E-state index is 14.9. The van der Waals surface area contributed by atoms with Crippen molar-refractivity contribution in [2.75, 3.05) is 56.7 Å². The fourth-order valence-corrected chi connectivity index (χ4v) is 9.58. The molecule has 3 amide bonds. The molecular formula is C48H62FN11O5. The Morgan fingerprint density at radius 1 is 1.03 bits per heavy atom. The van der Waals surface area contributed by atoms with Crippen molar-refractivity contribution in [3.8, 4) is 6.07 Å². The first kappa shape index (κ1) is 47.2. The van der Waals surface area contributed by atoms with E-state index in [0.29, 0.717) is 47.8 Å². The summed E-state index contributed by atoms with van der Waals surface area (Å²) in [5.41, 5.74) is 5.45. The molecule has 65 heavy (non-hydrogen) atoms. The zero-order valence-electron chi connectivity index (χ0n) is 38.1. The number of carbonyl (C=O) groups excluding carboxylic acids is 3. The number of nitrogens with zero attached hydrogens (tertiary/aromatic N) is 8. The molecule has 1 saturated carbocycles. The number of hydrogen-bond donors (Lipinski definition) is 4. The van der Waals surface area contributed by atoms with Gasteiger partial charge in [0.1, 0.15) is 11.9 Å². The van der Waals surface area contributed by atoms with Crippen LogP contribution in [0.1, 0.15) is 112 Å². The predicted octanol–water partition coefficient (Wildman–Crippen LogP) is 5.79. The summed E-state index contributed by atoms with van der Waals surface area (Å²) in [7, 11) is 1.74. The molecule has 3 saturated heterocycles. The zero-order chi connectivity index (χ0) is 46.3. The Morgan fingerprint density at radius 3 is 2.49 bits per heavy atom. The Bertz CT molecular complexity index is 2510. The molecule has 0 radical (unpaired) electrons. The number of piperazine rings is 1. The van der Waals surface area contributed by atoms with E-state index in [-0.39, 0.29) is 18.0 Å². The number of imide groups is 1. The normalized spacial score (nSPS) is 20.1. The molecule has 4 N–H and O–H groups in total. The van der Waals surface area contributed by atoms with Crippen molar-refractivity contribution in [1.82, 2.24) is 39.9 Å². The number of nitrogens with one attached hydrogen (secondary N) is 3. The third-order valence-electron chi connectivity index (χ3n) is 13.0. The van der Waals surface area contributed by atoms with Gasteiger partial charge < -0.3 is 25.4 Å². The Morgan fingerprint density at radius 2 is 1.80 bits per heavy atom. The number of aromatic nitrogens is 5. The topological polar surface area (TPSA) is 195 Å². The van der Waals surface area contributed by atoms with E-state index in [4.69, 9.17) is 15.1 Å². The van der Waals surface area contributed by atoms with Gasteiger partial charge in [-0.3, -0.25) is 34.3 Å². The number of pyridine rings is 1. The van der Waals surface area contributed by atoms with E-state index >= 15 is 0 Å². The minimum Gasteiger partial charge on any atom is -0.386 e. The second-order valence-corrected chi connectivity index (χ2v) is 18.1. The number of benzene rings is 1. The average molecular weight is 892 g/mol. The molecule has 4 aliphatic rings.